The van der Waals surface area contributed by atoms with Crippen LogP contribution in [0.5, 0.6) is 0 Å². The Labute approximate surface area is 109 Å². The molecule has 1 N–H and O–H groups in total. The van der Waals surface area contributed by atoms with Gasteiger partial charge in [-0.25, -0.2) is 0 Å². The van der Waals surface area contributed by atoms with Crippen LogP contribution in [0.3, 0.4) is 0 Å². The molecule has 1 fully saturated rings. The molecule has 4 heteroatoms. The number of benzene rings is 1. The normalized spacial score (nSPS) is 16.8. The van der Waals surface area contributed by atoms with Gasteiger partial charge in [0.05, 0.1) is 19.6 Å². The predicted molar refractivity (Wildman–Crippen MR) is 67.7 cm³/mol. The van der Waals surface area contributed by atoms with Crippen LogP contribution >= 0.6 is 15.9 Å². The number of halogens is 1. The van der Waals surface area contributed by atoms with E-state index < -0.39 is 5.97 Å². The lowest BCUT2D eigenvalue weighted by Gasteiger charge is -2.12. The summed E-state index contributed by atoms with van der Waals surface area (Å²) in [4.78, 5) is 10.7. The zero-order valence-corrected chi connectivity index (χ0v) is 11.1. The summed E-state index contributed by atoms with van der Waals surface area (Å²) in [6, 6.07) is 7.95. The van der Waals surface area contributed by atoms with Gasteiger partial charge in [-0.15, -0.1) is 0 Å². The van der Waals surface area contributed by atoms with Crippen molar-refractivity contribution in [2.45, 2.75) is 25.9 Å². The van der Waals surface area contributed by atoms with Gasteiger partial charge in [0.25, 0.3) is 0 Å². The maximum Gasteiger partial charge on any atom is 0.303 e. The number of carboxylic acid groups (broad SMARTS) is 1. The van der Waals surface area contributed by atoms with Gasteiger partial charge >= 0.3 is 5.97 Å². The van der Waals surface area contributed by atoms with Crippen LogP contribution in [0.1, 0.15) is 24.8 Å². The van der Waals surface area contributed by atoms with Crippen molar-refractivity contribution >= 4 is 21.9 Å². The van der Waals surface area contributed by atoms with Crippen LogP contribution in [0.25, 0.3) is 0 Å². The van der Waals surface area contributed by atoms with E-state index in [2.05, 4.69) is 15.9 Å². The first-order valence-corrected chi connectivity index (χ1v) is 6.43. The second-order valence-electron chi connectivity index (χ2n) is 4.69. The van der Waals surface area contributed by atoms with Crippen LogP contribution in [-0.2, 0) is 16.1 Å². The van der Waals surface area contributed by atoms with Crippen molar-refractivity contribution in [3.63, 3.8) is 0 Å². The Morgan fingerprint density at radius 1 is 1.35 bits per heavy atom. The van der Waals surface area contributed by atoms with Crippen LogP contribution < -0.4 is 0 Å². The van der Waals surface area contributed by atoms with Gasteiger partial charge in [-0.3, -0.25) is 4.79 Å². The molecule has 0 bridgehead atoms. The molecule has 0 heterocycles. The zero-order chi connectivity index (χ0) is 12.3. The van der Waals surface area contributed by atoms with Crippen molar-refractivity contribution in [3.8, 4) is 0 Å². The third-order valence-corrected chi connectivity index (χ3v) is 3.60. The van der Waals surface area contributed by atoms with Crippen molar-refractivity contribution in [2.75, 3.05) is 6.61 Å². The smallest absolute Gasteiger partial charge is 0.303 e. The maximum absolute atomic E-state index is 10.7. The molecule has 0 amide bonds. The Morgan fingerprint density at radius 3 is 2.53 bits per heavy atom. The molecule has 0 atom stereocenters. The van der Waals surface area contributed by atoms with E-state index in [-0.39, 0.29) is 11.8 Å². The van der Waals surface area contributed by atoms with Gasteiger partial charge in [0.15, 0.2) is 0 Å². The molecule has 1 aliphatic carbocycles. The van der Waals surface area contributed by atoms with E-state index >= 15 is 0 Å². The average Bonchev–Trinajstić information content (AvgIpc) is 3.00. The molecule has 0 aromatic heterocycles. The van der Waals surface area contributed by atoms with E-state index in [1.54, 1.807) is 0 Å². The average molecular weight is 299 g/mol. The van der Waals surface area contributed by atoms with Gasteiger partial charge in [-0.1, -0.05) is 28.1 Å². The summed E-state index contributed by atoms with van der Waals surface area (Å²) in [5, 5.41) is 8.78. The lowest BCUT2D eigenvalue weighted by Crippen LogP contribution is -2.15. The summed E-state index contributed by atoms with van der Waals surface area (Å²) in [5.41, 5.74) is 1.03. The first kappa shape index (κ1) is 12.6. The highest BCUT2D eigenvalue weighted by Gasteiger charge is 2.44. The first-order chi connectivity index (χ1) is 8.10. The second kappa shape index (κ2) is 5.19. The van der Waals surface area contributed by atoms with Gasteiger partial charge in [0.1, 0.15) is 0 Å². The Balaban J connectivity index is 1.76. The van der Waals surface area contributed by atoms with E-state index in [4.69, 9.17) is 9.84 Å². The second-order valence-corrected chi connectivity index (χ2v) is 5.61. The molecule has 1 aromatic rings. The summed E-state index contributed by atoms with van der Waals surface area (Å²) >= 11 is 3.38. The van der Waals surface area contributed by atoms with E-state index in [1.165, 1.54) is 0 Å². The summed E-state index contributed by atoms with van der Waals surface area (Å²) in [7, 11) is 0. The maximum atomic E-state index is 10.7. The zero-order valence-electron chi connectivity index (χ0n) is 9.49. The highest BCUT2D eigenvalue weighted by Crippen LogP contribution is 2.49. The van der Waals surface area contributed by atoms with E-state index in [0.717, 1.165) is 22.9 Å². The monoisotopic (exact) mass is 298 g/mol. The minimum atomic E-state index is -0.727. The van der Waals surface area contributed by atoms with E-state index in [1.807, 2.05) is 24.3 Å². The number of aliphatic carboxylic acids is 1. The Morgan fingerprint density at radius 2 is 2.00 bits per heavy atom. The van der Waals surface area contributed by atoms with Crippen LogP contribution in [0.15, 0.2) is 28.7 Å². The fourth-order valence-electron chi connectivity index (χ4n) is 1.84. The molecule has 0 unspecified atom stereocenters. The van der Waals surface area contributed by atoms with E-state index in [9.17, 15) is 4.79 Å². The molecule has 1 aromatic carbocycles. The van der Waals surface area contributed by atoms with Crippen molar-refractivity contribution in [3.05, 3.63) is 34.3 Å². The predicted octanol–water partition coefficient (Wildman–Crippen LogP) is 3.22. The third-order valence-electron chi connectivity index (χ3n) is 3.07. The summed E-state index contributed by atoms with van der Waals surface area (Å²) in [5.74, 6) is -0.727. The topological polar surface area (TPSA) is 46.5 Å². The van der Waals surface area contributed by atoms with Crippen LogP contribution in [0, 0.1) is 5.41 Å². The van der Waals surface area contributed by atoms with Crippen LogP contribution in [0.2, 0.25) is 0 Å². The van der Waals surface area contributed by atoms with Gasteiger partial charge in [-0.2, -0.15) is 0 Å². The number of carboxylic acids is 1. The van der Waals surface area contributed by atoms with Crippen molar-refractivity contribution in [1.29, 1.82) is 0 Å². The fraction of sp³-hybridized carbons (Fsp3) is 0.462. The molecule has 0 spiro atoms. The highest BCUT2D eigenvalue weighted by molar-refractivity contribution is 9.10. The third kappa shape index (κ3) is 3.82. The van der Waals surface area contributed by atoms with Crippen LogP contribution in [0.4, 0.5) is 0 Å². The lowest BCUT2D eigenvalue weighted by molar-refractivity contribution is -0.139. The molecule has 0 saturated heterocycles. The fourth-order valence-corrected chi connectivity index (χ4v) is 2.10. The lowest BCUT2D eigenvalue weighted by atomic mass is 10.0. The highest BCUT2D eigenvalue weighted by atomic mass is 79.9. The van der Waals surface area contributed by atoms with Gasteiger partial charge in [0.2, 0.25) is 0 Å². The number of ether oxygens (including phenoxy) is 1. The van der Waals surface area contributed by atoms with E-state index in [0.29, 0.717) is 13.2 Å². The quantitative estimate of drug-likeness (QED) is 0.877. The Kier molecular flexibility index (Phi) is 3.84. The van der Waals surface area contributed by atoms with Gasteiger partial charge < -0.3 is 9.84 Å². The SMILES string of the molecule is O=C(O)CC1(COCc2ccc(Br)cc2)CC1. The van der Waals surface area contributed by atoms with Gasteiger partial charge in [0, 0.05) is 9.89 Å². The largest absolute Gasteiger partial charge is 0.481 e. The summed E-state index contributed by atoms with van der Waals surface area (Å²) in [6.45, 7) is 1.10. The van der Waals surface area contributed by atoms with Crippen molar-refractivity contribution in [1.82, 2.24) is 0 Å². The number of hydrogen-bond donors (Lipinski definition) is 1. The first-order valence-electron chi connectivity index (χ1n) is 5.64. The summed E-state index contributed by atoms with van der Waals surface area (Å²) < 4.78 is 6.66. The van der Waals surface area contributed by atoms with Crippen molar-refractivity contribution < 1.29 is 14.6 Å². The molecule has 92 valence electrons. The van der Waals surface area contributed by atoms with Crippen molar-refractivity contribution in [2.24, 2.45) is 5.41 Å². The molecule has 2 rings (SSSR count). The molecule has 1 saturated carbocycles. The number of rotatable bonds is 6. The standard InChI is InChI=1S/C13H15BrO3/c14-11-3-1-10(2-4-11)8-17-9-13(5-6-13)7-12(15)16/h1-4H,5-9H2,(H,15,16). The Bertz CT molecular complexity index is 396. The molecule has 3 nitrogen and oxygen atoms in total. The molecular formula is C13H15BrO3. The molecule has 0 aliphatic heterocycles. The minimum Gasteiger partial charge on any atom is -0.481 e. The number of carbonyl (C=O) groups is 1. The molecular weight excluding hydrogens is 284 g/mol. The number of hydrogen-bond acceptors (Lipinski definition) is 2. The minimum absolute atomic E-state index is 0.0821. The Hall–Kier alpha value is -0.870. The van der Waals surface area contributed by atoms with Crippen LogP contribution in [-0.4, -0.2) is 17.7 Å². The van der Waals surface area contributed by atoms with Gasteiger partial charge in [-0.05, 0) is 30.5 Å². The summed E-state index contributed by atoms with van der Waals surface area (Å²) in [6.07, 6.45) is 2.17. The molecule has 0 radical (unpaired) electrons. The molecule has 1 aliphatic rings. The molecule has 17 heavy (non-hydrogen) atoms.